The summed E-state index contributed by atoms with van der Waals surface area (Å²) in [6.07, 6.45) is 2.30. The first-order valence-electron chi connectivity index (χ1n) is 8.77. The van der Waals surface area contributed by atoms with Crippen LogP contribution in [0.2, 0.25) is 15.1 Å². The summed E-state index contributed by atoms with van der Waals surface area (Å²) in [6, 6.07) is 9.06. The summed E-state index contributed by atoms with van der Waals surface area (Å²) in [5, 5.41) is 5.20. The second-order valence-corrected chi connectivity index (χ2v) is 7.13. The molecule has 0 heterocycles. The van der Waals surface area contributed by atoms with E-state index in [9.17, 15) is 0 Å². The van der Waals surface area contributed by atoms with E-state index in [-0.39, 0.29) is 0 Å². The smallest absolute Gasteiger partial charge is 0.163 e. The van der Waals surface area contributed by atoms with Crippen LogP contribution in [0.5, 0.6) is 11.5 Å². The highest BCUT2D eigenvalue weighted by Crippen LogP contribution is 2.35. The second kappa shape index (κ2) is 10.9. The first-order chi connectivity index (χ1) is 12.5. The van der Waals surface area contributed by atoms with Crippen LogP contribution >= 0.6 is 34.8 Å². The molecule has 2 aromatic rings. The maximum absolute atomic E-state index is 6.43. The van der Waals surface area contributed by atoms with Gasteiger partial charge >= 0.3 is 0 Å². The third-order valence-electron chi connectivity index (χ3n) is 3.83. The number of ether oxygens (including phenoxy) is 2. The highest BCUT2D eigenvalue weighted by Gasteiger charge is 2.12. The van der Waals surface area contributed by atoms with Crippen LogP contribution < -0.4 is 14.8 Å². The summed E-state index contributed by atoms with van der Waals surface area (Å²) < 4.78 is 11.7. The van der Waals surface area contributed by atoms with Gasteiger partial charge in [-0.15, -0.1) is 0 Å². The molecule has 26 heavy (non-hydrogen) atoms. The van der Waals surface area contributed by atoms with E-state index in [1.54, 1.807) is 18.2 Å². The molecule has 3 nitrogen and oxygen atoms in total. The Morgan fingerprint density at radius 3 is 2.31 bits per heavy atom. The number of benzene rings is 2. The molecule has 1 N–H and O–H groups in total. The van der Waals surface area contributed by atoms with Crippen LogP contribution in [-0.2, 0) is 13.2 Å². The summed E-state index contributed by atoms with van der Waals surface area (Å²) in [7, 11) is 0. The molecule has 0 atom stereocenters. The van der Waals surface area contributed by atoms with Gasteiger partial charge in [0, 0.05) is 33.2 Å². The Bertz CT molecular complexity index is 722. The van der Waals surface area contributed by atoms with E-state index in [0.29, 0.717) is 46.3 Å². The Morgan fingerprint density at radius 2 is 1.62 bits per heavy atom. The average Bonchev–Trinajstić information content (AvgIpc) is 2.61. The third-order valence-corrected chi connectivity index (χ3v) is 4.77. The number of hydrogen-bond acceptors (Lipinski definition) is 3. The van der Waals surface area contributed by atoms with Gasteiger partial charge in [0.1, 0.15) is 6.61 Å². The van der Waals surface area contributed by atoms with E-state index in [2.05, 4.69) is 12.2 Å². The maximum Gasteiger partial charge on any atom is 0.163 e. The van der Waals surface area contributed by atoms with Gasteiger partial charge in [-0.3, -0.25) is 0 Å². The fourth-order valence-corrected chi connectivity index (χ4v) is 3.10. The van der Waals surface area contributed by atoms with E-state index >= 15 is 0 Å². The largest absolute Gasteiger partial charge is 0.490 e. The molecule has 0 fully saturated rings. The topological polar surface area (TPSA) is 30.5 Å². The summed E-state index contributed by atoms with van der Waals surface area (Å²) in [4.78, 5) is 0. The van der Waals surface area contributed by atoms with Gasteiger partial charge in [-0.25, -0.2) is 0 Å². The SMILES string of the molecule is CCCCNCc1cc(OCC)c(OCc2ccc(Cl)cc2Cl)cc1Cl. The quantitative estimate of drug-likeness (QED) is 0.447. The Hall–Kier alpha value is -1.13. The highest BCUT2D eigenvalue weighted by molar-refractivity contribution is 6.35. The molecule has 0 aliphatic rings. The molecule has 2 aromatic carbocycles. The first-order valence-corrected chi connectivity index (χ1v) is 9.91. The van der Waals surface area contributed by atoms with Crippen LogP contribution in [0.4, 0.5) is 0 Å². The zero-order valence-corrected chi connectivity index (χ0v) is 17.3. The predicted octanol–water partition coefficient (Wildman–Crippen LogP) is 6.51. The van der Waals surface area contributed by atoms with Crippen molar-refractivity contribution in [2.75, 3.05) is 13.2 Å². The third kappa shape index (κ3) is 6.24. The standard InChI is InChI=1S/C20H24Cl3NO2/c1-3-5-8-24-12-15-9-19(25-4-2)20(11-18(15)23)26-13-14-6-7-16(21)10-17(14)22/h6-7,9-11,24H,3-5,8,12-13H2,1-2H3. The van der Waals surface area contributed by atoms with Gasteiger partial charge in [0.05, 0.1) is 6.61 Å². The van der Waals surface area contributed by atoms with Crippen molar-refractivity contribution in [2.24, 2.45) is 0 Å². The molecular formula is C20H24Cl3NO2. The molecule has 0 spiro atoms. The molecule has 2 rings (SSSR count). The molecule has 0 saturated heterocycles. The van der Waals surface area contributed by atoms with Gasteiger partial charge in [0.15, 0.2) is 11.5 Å². The summed E-state index contributed by atoms with van der Waals surface area (Å²) in [5.74, 6) is 1.27. The number of rotatable bonds is 10. The Morgan fingerprint density at radius 1 is 0.885 bits per heavy atom. The number of hydrogen-bond donors (Lipinski definition) is 1. The lowest BCUT2D eigenvalue weighted by Gasteiger charge is -2.16. The summed E-state index contributed by atoms with van der Waals surface area (Å²) >= 11 is 18.6. The monoisotopic (exact) mass is 415 g/mol. The van der Waals surface area contributed by atoms with Crippen molar-refractivity contribution in [3.05, 3.63) is 56.5 Å². The summed E-state index contributed by atoms with van der Waals surface area (Å²) in [6.45, 7) is 6.61. The average molecular weight is 417 g/mol. The molecule has 0 radical (unpaired) electrons. The van der Waals surface area contributed by atoms with Crippen molar-refractivity contribution < 1.29 is 9.47 Å². The van der Waals surface area contributed by atoms with Crippen molar-refractivity contribution in [1.29, 1.82) is 0 Å². The molecule has 0 aromatic heterocycles. The van der Waals surface area contributed by atoms with Crippen LogP contribution in [0.25, 0.3) is 0 Å². The zero-order chi connectivity index (χ0) is 18.9. The van der Waals surface area contributed by atoms with Crippen molar-refractivity contribution in [3.63, 3.8) is 0 Å². The minimum atomic E-state index is 0.306. The minimum Gasteiger partial charge on any atom is -0.490 e. The first kappa shape index (κ1) is 21.2. The van der Waals surface area contributed by atoms with Gasteiger partial charge < -0.3 is 14.8 Å². The highest BCUT2D eigenvalue weighted by atomic mass is 35.5. The van der Waals surface area contributed by atoms with E-state index in [1.807, 2.05) is 19.1 Å². The van der Waals surface area contributed by atoms with Crippen molar-refractivity contribution >= 4 is 34.8 Å². The Kier molecular flexibility index (Phi) is 8.86. The van der Waals surface area contributed by atoms with E-state index in [1.165, 1.54) is 0 Å². The predicted molar refractivity (Wildman–Crippen MR) is 110 cm³/mol. The molecule has 0 amide bonds. The van der Waals surface area contributed by atoms with Crippen molar-refractivity contribution in [3.8, 4) is 11.5 Å². The lowest BCUT2D eigenvalue weighted by molar-refractivity contribution is 0.269. The maximum atomic E-state index is 6.43. The van der Waals surface area contributed by atoms with Crippen LogP contribution in [0, 0.1) is 0 Å². The lowest BCUT2D eigenvalue weighted by atomic mass is 10.2. The number of unbranched alkanes of at least 4 members (excludes halogenated alkanes) is 1. The van der Waals surface area contributed by atoms with Gasteiger partial charge in [0.2, 0.25) is 0 Å². The van der Waals surface area contributed by atoms with Gasteiger partial charge in [-0.2, -0.15) is 0 Å². The number of halogens is 3. The fraction of sp³-hybridized carbons (Fsp3) is 0.400. The normalized spacial score (nSPS) is 10.8. The van der Waals surface area contributed by atoms with Crippen LogP contribution in [0.15, 0.2) is 30.3 Å². The van der Waals surface area contributed by atoms with Crippen molar-refractivity contribution in [1.82, 2.24) is 5.32 Å². The Balaban J connectivity index is 2.12. The van der Waals surface area contributed by atoms with Crippen molar-refractivity contribution in [2.45, 2.75) is 39.8 Å². The van der Waals surface area contributed by atoms with E-state index in [4.69, 9.17) is 44.3 Å². The van der Waals surface area contributed by atoms with E-state index < -0.39 is 0 Å². The second-order valence-electron chi connectivity index (χ2n) is 5.88. The molecule has 142 valence electrons. The van der Waals surface area contributed by atoms with Crippen LogP contribution in [0.3, 0.4) is 0 Å². The minimum absolute atomic E-state index is 0.306. The molecular weight excluding hydrogens is 393 g/mol. The molecule has 0 saturated carbocycles. The van der Waals surface area contributed by atoms with E-state index in [0.717, 1.165) is 30.5 Å². The number of nitrogens with one attached hydrogen (secondary N) is 1. The molecule has 6 heteroatoms. The van der Waals surface area contributed by atoms with Crippen LogP contribution in [-0.4, -0.2) is 13.2 Å². The molecule has 0 aliphatic carbocycles. The summed E-state index contributed by atoms with van der Waals surface area (Å²) in [5.41, 5.74) is 1.84. The molecule has 0 bridgehead atoms. The molecule has 0 aliphatic heterocycles. The fourth-order valence-electron chi connectivity index (χ4n) is 2.41. The zero-order valence-electron chi connectivity index (χ0n) is 15.1. The molecule has 0 unspecified atom stereocenters. The lowest BCUT2D eigenvalue weighted by Crippen LogP contribution is -2.15. The van der Waals surface area contributed by atoms with Gasteiger partial charge in [0.25, 0.3) is 0 Å². The Labute approximate surface area is 170 Å². The van der Waals surface area contributed by atoms with Crippen LogP contribution in [0.1, 0.15) is 37.8 Å². The van der Waals surface area contributed by atoms with Gasteiger partial charge in [-0.1, -0.05) is 54.2 Å². The van der Waals surface area contributed by atoms with Gasteiger partial charge in [-0.05, 0) is 43.7 Å².